The Morgan fingerprint density at radius 1 is 0.400 bits per heavy atom. The molecule has 4 aromatic rings. The van der Waals surface area contributed by atoms with Gasteiger partial charge in [-0.15, -0.1) is 0 Å². The van der Waals surface area contributed by atoms with E-state index in [1.165, 1.54) is 32.3 Å². The van der Waals surface area contributed by atoms with Gasteiger partial charge >= 0.3 is 0 Å². The minimum atomic E-state index is 1.14. The van der Waals surface area contributed by atoms with E-state index < -0.39 is 0 Å². The number of hydrogen-bond donors (Lipinski definition) is 0. The second-order valence-corrected chi connectivity index (χ2v) is 6.60. The van der Waals surface area contributed by atoms with Crippen molar-refractivity contribution in [2.24, 2.45) is 0 Å². The average Bonchev–Trinajstić information content (AvgIpc) is 2.47. The summed E-state index contributed by atoms with van der Waals surface area (Å²) in [7, 11) is 0. The van der Waals surface area contributed by atoms with Crippen LogP contribution in [0.1, 0.15) is 0 Å². The molecule has 0 spiro atoms. The van der Waals surface area contributed by atoms with Crippen LogP contribution >= 0.6 is 31.9 Å². The molecular weight excluding hydrogens is 376 g/mol. The van der Waals surface area contributed by atoms with E-state index in [1.54, 1.807) is 0 Å². The highest BCUT2D eigenvalue weighted by Crippen LogP contribution is 2.35. The first-order valence-corrected chi connectivity index (χ1v) is 8.02. The Balaban J connectivity index is 2.28. The van der Waals surface area contributed by atoms with Crippen LogP contribution in [-0.2, 0) is 0 Å². The zero-order valence-corrected chi connectivity index (χ0v) is 13.7. The zero-order valence-electron chi connectivity index (χ0n) is 10.5. The van der Waals surface area contributed by atoms with Gasteiger partial charge in [-0.2, -0.15) is 0 Å². The molecule has 0 aromatic heterocycles. The van der Waals surface area contributed by atoms with Crippen molar-refractivity contribution < 1.29 is 0 Å². The molecule has 96 valence electrons. The standard InChI is InChI=1S/C18H10Br2/c19-17-5-1-3-11-13-7-10-16-12(4-2-6-18(16)20)14(13)8-9-15(11)17/h1-10H. The lowest BCUT2D eigenvalue weighted by atomic mass is 9.97. The van der Waals surface area contributed by atoms with Gasteiger partial charge in [0.25, 0.3) is 0 Å². The van der Waals surface area contributed by atoms with Crippen LogP contribution < -0.4 is 0 Å². The molecule has 0 saturated heterocycles. The summed E-state index contributed by atoms with van der Waals surface area (Å²) in [5.74, 6) is 0. The van der Waals surface area contributed by atoms with Crippen molar-refractivity contribution >= 4 is 64.2 Å². The third-order valence-electron chi connectivity index (χ3n) is 3.81. The summed E-state index contributed by atoms with van der Waals surface area (Å²) < 4.78 is 2.29. The Morgan fingerprint density at radius 3 is 1.20 bits per heavy atom. The van der Waals surface area contributed by atoms with E-state index in [0.29, 0.717) is 0 Å². The van der Waals surface area contributed by atoms with Crippen LogP contribution in [0.5, 0.6) is 0 Å². The molecule has 0 unspecified atom stereocenters. The zero-order chi connectivity index (χ0) is 13.7. The number of benzene rings is 4. The molecule has 0 bridgehead atoms. The van der Waals surface area contributed by atoms with Crippen LogP contribution in [0, 0.1) is 0 Å². The van der Waals surface area contributed by atoms with Crippen LogP contribution in [0.15, 0.2) is 69.6 Å². The van der Waals surface area contributed by atoms with Gasteiger partial charge in [0.1, 0.15) is 0 Å². The molecule has 0 amide bonds. The molecule has 0 aliphatic heterocycles. The van der Waals surface area contributed by atoms with Gasteiger partial charge < -0.3 is 0 Å². The Morgan fingerprint density at radius 2 is 0.750 bits per heavy atom. The first-order valence-electron chi connectivity index (χ1n) is 6.44. The third kappa shape index (κ3) is 1.72. The molecule has 0 fully saturated rings. The van der Waals surface area contributed by atoms with Crippen molar-refractivity contribution in [2.45, 2.75) is 0 Å². The number of hydrogen-bond acceptors (Lipinski definition) is 0. The molecular formula is C18H10Br2. The van der Waals surface area contributed by atoms with Gasteiger partial charge in [-0.05, 0) is 44.5 Å². The van der Waals surface area contributed by atoms with Crippen molar-refractivity contribution in [3.8, 4) is 0 Å². The summed E-state index contributed by atoms with van der Waals surface area (Å²) in [6, 6.07) is 21.6. The van der Waals surface area contributed by atoms with E-state index in [0.717, 1.165) is 8.95 Å². The Bertz CT molecular complexity index is 890. The van der Waals surface area contributed by atoms with E-state index in [9.17, 15) is 0 Å². The topological polar surface area (TPSA) is 0 Å². The second-order valence-electron chi connectivity index (χ2n) is 4.90. The number of fused-ring (bicyclic) bond motifs is 5. The normalized spacial score (nSPS) is 11.5. The summed E-state index contributed by atoms with van der Waals surface area (Å²) in [6.45, 7) is 0. The maximum atomic E-state index is 3.64. The fourth-order valence-corrected chi connectivity index (χ4v) is 3.86. The van der Waals surface area contributed by atoms with Crippen LogP contribution in [0.3, 0.4) is 0 Å². The fraction of sp³-hybridized carbons (Fsp3) is 0. The van der Waals surface area contributed by atoms with Gasteiger partial charge in [0.05, 0.1) is 0 Å². The van der Waals surface area contributed by atoms with Crippen LogP contribution in [0.25, 0.3) is 32.3 Å². The monoisotopic (exact) mass is 384 g/mol. The first-order chi connectivity index (χ1) is 9.75. The van der Waals surface area contributed by atoms with E-state index in [2.05, 4.69) is 92.5 Å². The van der Waals surface area contributed by atoms with Crippen molar-refractivity contribution in [2.75, 3.05) is 0 Å². The van der Waals surface area contributed by atoms with Gasteiger partial charge in [-0.1, -0.05) is 80.4 Å². The molecule has 0 nitrogen and oxygen atoms in total. The maximum Gasteiger partial charge on any atom is 0.0253 e. The molecule has 0 aliphatic carbocycles. The van der Waals surface area contributed by atoms with Crippen LogP contribution in [-0.4, -0.2) is 0 Å². The molecule has 20 heavy (non-hydrogen) atoms. The summed E-state index contributed by atoms with van der Waals surface area (Å²) in [5.41, 5.74) is 0. The lowest BCUT2D eigenvalue weighted by Crippen LogP contribution is -1.82. The highest BCUT2D eigenvalue weighted by atomic mass is 79.9. The fourth-order valence-electron chi connectivity index (χ4n) is 2.87. The van der Waals surface area contributed by atoms with Crippen molar-refractivity contribution in [1.29, 1.82) is 0 Å². The highest BCUT2D eigenvalue weighted by molar-refractivity contribution is 9.11. The molecule has 2 heteroatoms. The Kier molecular flexibility index (Phi) is 2.83. The highest BCUT2D eigenvalue weighted by Gasteiger charge is 2.07. The minimum absolute atomic E-state index is 1.14. The summed E-state index contributed by atoms with van der Waals surface area (Å²) in [4.78, 5) is 0. The van der Waals surface area contributed by atoms with E-state index in [-0.39, 0.29) is 0 Å². The smallest absolute Gasteiger partial charge is 0.0253 e. The predicted octanol–water partition coefficient (Wildman–Crippen LogP) is 6.67. The Hall–Kier alpha value is -1.38. The predicted molar refractivity (Wildman–Crippen MR) is 94.4 cm³/mol. The van der Waals surface area contributed by atoms with Gasteiger partial charge in [0.15, 0.2) is 0 Å². The van der Waals surface area contributed by atoms with Crippen LogP contribution in [0.4, 0.5) is 0 Å². The van der Waals surface area contributed by atoms with E-state index in [4.69, 9.17) is 0 Å². The summed E-state index contributed by atoms with van der Waals surface area (Å²) >= 11 is 7.27. The molecule has 0 atom stereocenters. The van der Waals surface area contributed by atoms with E-state index in [1.807, 2.05) is 0 Å². The first kappa shape index (κ1) is 12.4. The molecule has 4 aromatic carbocycles. The van der Waals surface area contributed by atoms with Crippen molar-refractivity contribution in [3.63, 3.8) is 0 Å². The summed E-state index contributed by atoms with van der Waals surface area (Å²) in [6.07, 6.45) is 0. The van der Waals surface area contributed by atoms with Gasteiger partial charge in [-0.3, -0.25) is 0 Å². The SMILES string of the molecule is Brc1cccc2c1ccc1c3cccc(Br)c3ccc21. The minimum Gasteiger partial charge on any atom is -0.0605 e. The van der Waals surface area contributed by atoms with E-state index >= 15 is 0 Å². The Labute approximate surface area is 133 Å². The van der Waals surface area contributed by atoms with Gasteiger partial charge in [0.2, 0.25) is 0 Å². The molecule has 0 saturated carbocycles. The van der Waals surface area contributed by atoms with Crippen LogP contribution in [0.2, 0.25) is 0 Å². The average molecular weight is 386 g/mol. The molecule has 4 rings (SSSR count). The van der Waals surface area contributed by atoms with Crippen molar-refractivity contribution in [3.05, 3.63) is 69.6 Å². The molecule has 0 aliphatic rings. The second kappa shape index (κ2) is 4.57. The summed E-state index contributed by atoms with van der Waals surface area (Å²) in [5, 5.41) is 7.70. The maximum absolute atomic E-state index is 3.64. The number of halogens is 2. The quantitative estimate of drug-likeness (QED) is 0.296. The molecule has 0 heterocycles. The lowest BCUT2D eigenvalue weighted by molar-refractivity contribution is 1.72. The number of rotatable bonds is 0. The third-order valence-corrected chi connectivity index (χ3v) is 5.19. The van der Waals surface area contributed by atoms with Gasteiger partial charge in [0, 0.05) is 8.95 Å². The lowest BCUT2D eigenvalue weighted by Gasteiger charge is -2.09. The molecule has 0 N–H and O–H groups in total. The van der Waals surface area contributed by atoms with Gasteiger partial charge in [-0.25, -0.2) is 0 Å². The molecule has 0 radical (unpaired) electrons. The van der Waals surface area contributed by atoms with Crippen molar-refractivity contribution in [1.82, 2.24) is 0 Å². The largest absolute Gasteiger partial charge is 0.0605 e.